The van der Waals surface area contributed by atoms with Crippen molar-refractivity contribution in [3.8, 4) is 0 Å². The van der Waals surface area contributed by atoms with Crippen LogP contribution in [-0.2, 0) is 9.47 Å². The normalized spacial score (nSPS) is 22.0. The average molecular weight is 364 g/mol. The van der Waals surface area contributed by atoms with Gasteiger partial charge in [-0.05, 0) is 17.7 Å². The predicted octanol–water partition coefficient (Wildman–Crippen LogP) is 2.46. The molecule has 0 radical (unpaired) electrons. The zero-order valence-electron chi connectivity index (χ0n) is 12.5. The molecule has 2 N–H and O–H groups in total. The first-order chi connectivity index (χ1) is 11.0. The summed E-state index contributed by atoms with van der Waals surface area (Å²) in [6.45, 7) is 1.25. The molecule has 128 valence electrons. The zero-order valence-corrected chi connectivity index (χ0v) is 14.0. The molecule has 2 atom stereocenters. The third-order valence-corrected chi connectivity index (χ3v) is 4.46. The number of rotatable bonds is 5. The number of carboxylic acid groups (broad SMARTS) is 1. The lowest BCUT2D eigenvalue weighted by atomic mass is 9.93. The van der Waals surface area contributed by atoms with Crippen LogP contribution >= 0.6 is 23.2 Å². The highest BCUT2D eigenvalue weighted by atomic mass is 35.5. The van der Waals surface area contributed by atoms with Gasteiger partial charge in [0.25, 0.3) is 0 Å². The highest BCUT2D eigenvalue weighted by molar-refractivity contribution is 6.42. The topological polar surface area (TPSA) is 79.2 Å². The van der Waals surface area contributed by atoms with Crippen molar-refractivity contribution in [2.24, 2.45) is 0 Å². The number of aliphatic hydroxyl groups is 1. The van der Waals surface area contributed by atoms with Gasteiger partial charge in [-0.1, -0.05) is 29.3 Å². The number of amides is 1. The van der Waals surface area contributed by atoms with Crippen molar-refractivity contribution >= 4 is 29.3 Å². The summed E-state index contributed by atoms with van der Waals surface area (Å²) in [6.07, 6.45) is -1.32. The van der Waals surface area contributed by atoms with Gasteiger partial charge in [0.2, 0.25) is 0 Å². The molecule has 2 rings (SSSR count). The first-order valence-electron chi connectivity index (χ1n) is 7.26. The second-order valence-corrected chi connectivity index (χ2v) is 6.03. The Morgan fingerprint density at radius 2 is 2.17 bits per heavy atom. The molecule has 1 fully saturated rings. The minimum atomic E-state index is -0.990. The molecule has 1 saturated heterocycles. The number of ether oxygens (including phenoxy) is 2. The largest absolute Gasteiger partial charge is 0.465 e. The fourth-order valence-corrected chi connectivity index (χ4v) is 2.85. The number of hydrogen-bond acceptors (Lipinski definition) is 4. The summed E-state index contributed by atoms with van der Waals surface area (Å²) in [6, 6.07) is 5.22. The van der Waals surface area contributed by atoms with E-state index in [1.165, 1.54) is 4.90 Å². The lowest BCUT2D eigenvalue weighted by Crippen LogP contribution is -2.36. The minimum Gasteiger partial charge on any atom is -0.465 e. The second kappa shape index (κ2) is 8.70. The maximum Gasteiger partial charge on any atom is 0.407 e. The van der Waals surface area contributed by atoms with Crippen molar-refractivity contribution in [2.45, 2.75) is 12.0 Å². The van der Waals surface area contributed by atoms with Gasteiger partial charge in [-0.15, -0.1) is 0 Å². The van der Waals surface area contributed by atoms with Crippen LogP contribution in [0.1, 0.15) is 11.5 Å². The minimum absolute atomic E-state index is 0.0780. The Morgan fingerprint density at radius 3 is 2.83 bits per heavy atom. The first-order valence-corrected chi connectivity index (χ1v) is 8.01. The molecule has 6 nitrogen and oxygen atoms in total. The zero-order chi connectivity index (χ0) is 16.8. The standard InChI is InChI=1S/C15H19Cl2NO5/c16-12-2-1-10(7-13(12)17)11-8-18(15(20)21)3-5-23-14(11)9-22-6-4-19/h1-2,7,11,14,19H,3-6,8-9H2,(H,20,21)/t11-,14?/m0/s1. The fraction of sp³-hybridized carbons (Fsp3) is 0.533. The molecule has 0 aliphatic carbocycles. The Kier molecular flexibility index (Phi) is 6.92. The van der Waals surface area contributed by atoms with Crippen LogP contribution in [0.25, 0.3) is 0 Å². The Balaban J connectivity index is 2.23. The summed E-state index contributed by atoms with van der Waals surface area (Å²) in [4.78, 5) is 12.6. The molecule has 1 aliphatic heterocycles. The summed E-state index contributed by atoms with van der Waals surface area (Å²) in [5, 5.41) is 19.0. The molecule has 0 saturated carbocycles. The van der Waals surface area contributed by atoms with Crippen LogP contribution in [-0.4, -0.2) is 66.8 Å². The maximum atomic E-state index is 11.3. The van der Waals surface area contributed by atoms with Crippen LogP contribution < -0.4 is 0 Å². The van der Waals surface area contributed by atoms with Gasteiger partial charge < -0.3 is 24.6 Å². The molecule has 0 aromatic heterocycles. The van der Waals surface area contributed by atoms with Gasteiger partial charge in [0.1, 0.15) is 0 Å². The summed E-state index contributed by atoms with van der Waals surface area (Å²) in [5.74, 6) is -0.234. The fourth-order valence-electron chi connectivity index (χ4n) is 2.54. The van der Waals surface area contributed by atoms with E-state index in [0.717, 1.165) is 5.56 Å². The van der Waals surface area contributed by atoms with E-state index in [0.29, 0.717) is 16.6 Å². The molecule has 1 unspecified atom stereocenters. The predicted molar refractivity (Wildman–Crippen MR) is 86.4 cm³/mol. The molecule has 8 heteroatoms. The van der Waals surface area contributed by atoms with Crippen molar-refractivity contribution in [3.05, 3.63) is 33.8 Å². The van der Waals surface area contributed by atoms with Crippen molar-refractivity contribution in [1.82, 2.24) is 4.90 Å². The molecule has 1 aliphatic rings. The van der Waals surface area contributed by atoms with Crippen molar-refractivity contribution < 1.29 is 24.5 Å². The molecule has 23 heavy (non-hydrogen) atoms. The SMILES string of the molecule is O=C(O)N1CCOC(COCCO)[C@H](c2ccc(Cl)c(Cl)c2)C1. The van der Waals surface area contributed by atoms with E-state index in [2.05, 4.69) is 0 Å². The van der Waals surface area contributed by atoms with Crippen LogP contribution in [0.15, 0.2) is 18.2 Å². The Labute approximate surface area is 144 Å². The second-order valence-electron chi connectivity index (χ2n) is 5.22. The third kappa shape index (κ3) is 4.96. The van der Waals surface area contributed by atoms with Crippen LogP contribution in [0.3, 0.4) is 0 Å². The molecule has 1 aromatic carbocycles. The third-order valence-electron chi connectivity index (χ3n) is 3.72. The van der Waals surface area contributed by atoms with E-state index in [4.69, 9.17) is 37.8 Å². The van der Waals surface area contributed by atoms with Crippen molar-refractivity contribution in [2.75, 3.05) is 39.5 Å². The molecular formula is C15H19Cl2NO5. The van der Waals surface area contributed by atoms with Crippen LogP contribution in [0.5, 0.6) is 0 Å². The Bertz CT molecular complexity index is 543. The van der Waals surface area contributed by atoms with E-state index in [-0.39, 0.29) is 45.0 Å². The van der Waals surface area contributed by atoms with Gasteiger partial charge in [-0.3, -0.25) is 0 Å². The van der Waals surface area contributed by atoms with Gasteiger partial charge in [-0.2, -0.15) is 0 Å². The number of benzene rings is 1. The lowest BCUT2D eigenvalue weighted by Gasteiger charge is -2.27. The van der Waals surface area contributed by atoms with E-state index in [9.17, 15) is 9.90 Å². The Morgan fingerprint density at radius 1 is 1.39 bits per heavy atom. The highest BCUT2D eigenvalue weighted by Crippen LogP contribution is 2.31. The summed E-state index contributed by atoms with van der Waals surface area (Å²) >= 11 is 12.0. The van der Waals surface area contributed by atoms with E-state index in [1.807, 2.05) is 6.07 Å². The molecular weight excluding hydrogens is 345 g/mol. The van der Waals surface area contributed by atoms with Crippen LogP contribution in [0.2, 0.25) is 10.0 Å². The monoisotopic (exact) mass is 363 g/mol. The smallest absolute Gasteiger partial charge is 0.407 e. The molecule has 0 spiro atoms. The van der Waals surface area contributed by atoms with Gasteiger partial charge >= 0.3 is 6.09 Å². The number of hydrogen-bond donors (Lipinski definition) is 2. The number of halogens is 2. The Hall–Kier alpha value is -1.05. The van der Waals surface area contributed by atoms with Crippen molar-refractivity contribution in [1.29, 1.82) is 0 Å². The molecule has 1 amide bonds. The maximum absolute atomic E-state index is 11.3. The quantitative estimate of drug-likeness (QED) is 0.785. The van der Waals surface area contributed by atoms with Gasteiger partial charge in [0.15, 0.2) is 0 Å². The number of carbonyl (C=O) groups is 1. The van der Waals surface area contributed by atoms with Crippen LogP contribution in [0.4, 0.5) is 4.79 Å². The van der Waals surface area contributed by atoms with Crippen LogP contribution in [0, 0.1) is 0 Å². The summed E-state index contributed by atoms with van der Waals surface area (Å²) < 4.78 is 11.2. The molecule has 1 heterocycles. The first kappa shape index (κ1) is 18.3. The van der Waals surface area contributed by atoms with Crippen molar-refractivity contribution in [3.63, 3.8) is 0 Å². The number of nitrogens with zero attached hydrogens (tertiary/aromatic N) is 1. The van der Waals surface area contributed by atoms with Gasteiger partial charge in [0, 0.05) is 19.0 Å². The lowest BCUT2D eigenvalue weighted by molar-refractivity contribution is -0.0263. The van der Waals surface area contributed by atoms with E-state index in [1.54, 1.807) is 12.1 Å². The summed E-state index contributed by atoms with van der Waals surface area (Å²) in [5.41, 5.74) is 0.838. The van der Waals surface area contributed by atoms with Gasteiger partial charge in [-0.25, -0.2) is 4.79 Å². The molecule has 1 aromatic rings. The highest BCUT2D eigenvalue weighted by Gasteiger charge is 2.31. The van der Waals surface area contributed by atoms with Gasteiger partial charge in [0.05, 0.1) is 42.6 Å². The van der Waals surface area contributed by atoms with E-state index >= 15 is 0 Å². The summed E-state index contributed by atoms with van der Waals surface area (Å²) in [7, 11) is 0. The average Bonchev–Trinajstić information content (AvgIpc) is 2.73. The molecule has 0 bridgehead atoms. The number of aliphatic hydroxyl groups excluding tert-OH is 1. The van der Waals surface area contributed by atoms with E-state index < -0.39 is 6.09 Å².